The Kier molecular flexibility index (Phi) is 10.1. The molecule has 4 bridgehead atoms. The largest absolute Gasteiger partial charge is 0.465 e. The molecule has 11 atom stereocenters. The Morgan fingerprint density at radius 2 is 1.50 bits per heavy atom. The first kappa shape index (κ1) is 38.8. The molecule has 3 saturated carbocycles. The number of hydrogen-bond donors (Lipinski definition) is 3. The number of esters is 5. The van der Waals surface area contributed by atoms with Crippen molar-refractivity contribution < 1.29 is 72.5 Å². The van der Waals surface area contributed by atoms with E-state index in [1.807, 2.05) is 0 Å². The van der Waals surface area contributed by atoms with Crippen LogP contribution < -0.4 is 0 Å². The molecule has 0 aromatic heterocycles. The van der Waals surface area contributed by atoms with Crippen LogP contribution in [-0.4, -0.2) is 111 Å². The number of carbonyl (C=O) groups is 6. The van der Waals surface area contributed by atoms with Crippen LogP contribution >= 0.6 is 0 Å². The van der Waals surface area contributed by atoms with Crippen LogP contribution in [-0.2, 0) is 57.2 Å². The summed E-state index contributed by atoms with van der Waals surface area (Å²) in [5.41, 5.74) is -11.3. The van der Waals surface area contributed by atoms with Gasteiger partial charge in [-0.1, -0.05) is 43.8 Å². The molecule has 15 heteroatoms. The van der Waals surface area contributed by atoms with Gasteiger partial charge in [-0.15, -0.1) is 0 Å². The van der Waals surface area contributed by atoms with Crippen molar-refractivity contribution in [2.45, 2.75) is 102 Å². The van der Waals surface area contributed by atoms with Gasteiger partial charge in [0.15, 0.2) is 11.4 Å². The number of benzene rings is 1. The summed E-state index contributed by atoms with van der Waals surface area (Å²) in [5, 5.41) is 38.3. The first-order chi connectivity index (χ1) is 24.2. The van der Waals surface area contributed by atoms with E-state index < -0.39 is 126 Å². The Hall–Kier alpha value is -4.44. The first-order valence-corrected chi connectivity index (χ1v) is 16.8. The molecule has 4 fully saturated rings. The number of Topliss-reactive ketones (excluding diaryl/α,β-unsaturated/α-hetero) is 1. The van der Waals surface area contributed by atoms with Crippen molar-refractivity contribution in [3.8, 4) is 0 Å². The Morgan fingerprint density at radius 3 is 2.08 bits per heavy atom. The molecule has 3 N–H and O–H groups in total. The summed E-state index contributed by atoms with van der Waals surface area (Å²) in [6, 6.07) is 8.80. The van der Waals surface area contributed by atoms with Crippen LogP contribution in [0.2, 0.25) is 0 Å². The minimum atomic E-state index is -2.79. The number of ketones is 1. The van der Waals surface area contributed by atoms with E-state index in [0.717, 1.165) is 33.8 Å². The van der Waals surface area contributed by atoms with Gasteiger partial charge in [-0.3, -0.25) is 24.0 Å². The van der Waals surface area contributed by atoms with Crippen molar-refractivity contribution in [2.24, 2.45) is 16.7 Å². The summed E-state index contributed by atoms with van der Waals surface area (Å²) >= 11 is 0. The van der Waals surface area contributed by atoms with Gasteiger partial charge in [0.2, 0.25) is 0 Å². The number of ether oxygens (including phenoxy) is 6. The number of aliphatic hydroxyl groups is 3. The summed E-state index contributed by atoms with van der Waals surface area (Å²) in [6.45, 7) is 9.45. The first-order valence-electron chi connectivity index (χ1n) is 16.8. The minimum Gasteiger partial charge on any atom is -0.465 e. The third kappa shape index (κ3) is 5.74. The molecular weight excluding hydrogens is 684 g/mol. The fraction of sp³-hybridized carbons (Fsp3) is 0.568. The van der Waals surface area contributed by atoms with E-state index in [-0.39, 0.29) is 5.57 Å². The topological polar surface area (TPSA) is 218 Å². The van der Waals surface area contributed by atoms with Crippen molar-refractivity contribution >= 4 is 41.7 Å². The lowest BCUT2D eigenvalue weighted by Gasteiger charge is -2.67. The van der Waals surface area contributed by atoms with Crippen molar-refractivity contribution in [3.05, 3.63) is 54.1 Å². The van der Waals surface area contributed by atoms with E-state index in [1.54, 1.807) is 30.3 Å². The number of fused-ring (bicyclic) bond motifs is 1. The smallest absolute Gasteiger partial charge is 0.331 e. The van der Waals surface area contributed by atoms with Crippen molar-refractivity contribution in [1.29, 1.82) is 0 Å². The van der Waals surface area contributed by atoms with Gasteiger partial charge in [-0.2, -0.15) is 0 Å². The second-order valence-corrected chi connectivity index (χ2v) is 14.4. The molecule has 15 nitrogen and oxygen atoms in total. The SMILES string of the molecule is C=C1[C@@H](OC(=O)/C=C\c2ccccc2)C[C@@H](OC(C)=O)[C@@]2(COC(C)=O)[C@H](OC(C)=O)[C@@H](O)[C@]3(O)[C@@]4(C)CO[C@]3(C)C(=O)C[C@@]4(O)[C@@H](OC(C)=O)[C@H]12. The summed E-state index contributed by atoms with van der Waals surface area (Å²) in [5.74, 6) is -7.24. The molecule has 5 rings (SSSR count). The number of rotatable bonds is 8. The molecule has 3 aliphatic carbocycles. The predicted octanol–water partition coefficient (Wildman–Crippen LogP) is 1.14. The summed E-state index contributed by atoms with van der Waals surface area (Å²) in [6.07, 6.45) is -7.94. The average molecular weight is 729 g/mol. The molecule has 1 saturated heterocycles. The van der Waals surface area contributed by atoms with Gasteiger partial charge in [-0.25, -0.2) is 4.79 Å². The number of carbonyl (C=O) groups excluding carboxylic acids is 6. The molecule has 1 heterocycles. The van der Waals surface area contributed by atoms with Crippen molar-refractivity contribution in [2.75, 3.05) is 13.2 Å². The fourth-order valence-corrected chi connectivity index (χ4v) is 8.93. The van der Waals surface area contributed by atoms with Gasteiger partial charge in [-0.05, 0) is 24.1 Å². The molecule has 0 amide bonds. The van der Waals surface area contributed by atoms with E-state index >= 15 is 0 Å². The second kappa shape index (κ2) is 13.5. The zero-order valence-electron chi connectivity index (χ0n) is 29.8. The third-order valence-electron chi connectivity index (χ3n) is 11.5. The highest BCUT2D eigenvalue weighted by atomic mass is 16.6. The molecule has 1 aromatic rings. The highest BCUT2D eigenvalue weighted by molar-refractivity contribution is 5.92. The van der Waals surface area contributed by atoms with E-state index in [2.05, 4.69) is 6.58 Å². The summed E-state index contributed by atoms with van der Waals surface area (Å²) in [4.78, 5) is 78.7. The fourth-order valence-electron chi connectivity index (χ4n) is 8.93. The van der Waals surface area contributed by atoms with Gasteiger partial charge in [0.1, 0.15) is 48.3 Å². The second-order valence-electron chi connectivity index (χ2n) is 14.4. The van der Waals surface area contributed by atoms with Crippen LogP contribution in [0.15, 0.2) is 48.6 Å². The Morgan fingerprint density at radius 1 is 0.904 bits per heavy atom. The normalized spacial score (nSPS) is 39.4. The van der Waals surface area contributed by atoms with Gasteiger partial charge in [0, 0.05) is 52.5 Å². The highest BCUT2D eigenvalue weighted by Gasteiger charge is 2.86. The maximum atomic E-state index is 14.0. The predicted molar refractivity (Wildman–Crippen MR) is 176 cm³/mol. The molecule has 4 aliphatic rings. The molecule has 1 aliphatic heterocycles. The van der Waals surface area contributed by atoms with Crippen LogP contribution in [0.4, 0.5) is 0 Å². The van der Waals surface area contributed by atoms with E-state index in [4.69, 9.17) is 28.4 Å². The maximum absolute atomic E-state index is 14.0. The van der Waals surface area contributed by atoms with Gasteiger partial charge < -0.3 is 43.7 Å². The molecule has 0 radical (unpaired) electrons. The molecule has 52 heavy (non-hydrogen) atoms. The zero-order valence-corrected chi connectivity index (χ0v) is 29.8. The Labute approximate surface area is 299 Å². The van der Waals surface area contributed by atoms with Crippen LogP contribution in [0.5, 0.6) is 0 Å². The van der Waals surface area contributed by atoms with Crippen molar-refractivity contribution in [1.82, 2.24) is 0 Å². The van der Waals surface area contributed by atoms with Crippen LogP contribution in [0, 0.1) is 16.7 Å². The number of aliphatic hydroxyl groups excluding tert-OH is 1. The summed E-state index contributed by atoms with van der Waals surface area (Å²) in [7, 11) is 0. The van der Waals surface area contributed by atoms with Gasteiger partial charge >= 0.3 is 29.8 Å². The Bertz CT molecular complexity index is 1700. The zero-order chi connectivity index (χ0) is 38.6. The van der Waals surface area contributed by atoms with Crippen LogP contribution in [0.1, 0.15) is 59.9 Å². The Balaban J connectivity index is 1.82. The lowest BCUT2D eigenvalue weighted by atomic mass is 9.42. The van der Waals surface area contributed by atoms with Crippen LogP contribution in [0.25, 0.3) is 6.08 Å². The van der Waals surface area contributed by atoms with E-state index in [1.165, 1.54) is 19.9 Å². The van der Waals surface area contributed by atoms with E-state index in [0.29, 0.717) is 5.56 Å². The minimum absolute atomic E-state index is 0.102. The molecule has 0 unspecified atom stereocenters. The van der Waals surface area contributed by atoms with Crippen LogP contribution in [0.3, 0.4) is 0 Å². The lowest BCUT2D eigenvalue weighted by Crippen LogP contribution is -2.85. The van der Waals surface area contributed by atoms with Crippen molar-refractivity contribution in [3.63, 3.8) is 0 Å². The molecule has 0 spiro atoms. The monoisotopic (exact) mass is 728 g/mol. The third-order valence-corrected chi connectivity index (χ3v) is 11.5. The maximum Gasteiger partial charge on any atom is 0.331 e. The lowest BCUT2D eigenvalue weighted by molar-refractivity contribution is -0.330. The standard InChI is InChI=1S/C37H44O15/c1-19-25(52-28(43)14-13-24-11-9-8-10-12-24)15-27(49-21(3)39)35(18-47-20(2)38)29(19)31(50-22(4)40)36(45)16-26(42)34(7)37(46,33(36,6)17-48-34)30(44)32(35)51-23(5)41/h8-14,25,27,29-32,44-46H,1,15-18H2,2-7H3/b14-13-/t25-,27+,29-,30+,31-,32+,33-,34+,35+,36+,37-/m0/s1. The molecule has 282 valence electrons. The molecule has 1 aromatic carbocycles. The van der Waals surface area contributed by atoms with E-state index in [9.17, 15) is 44.1 Å². The summed E-state index contributed by atoms with van der Waals surface area (Å²) < 4.78 is 34.9. The number of hydrogen-bond acceptors (Lipinski definition) is 15. The average Bonchev–Trinajstić information content (AvgIpc) is 3.24. The molecular formula is C37H44O15. The van der Waals surface area contributed by atoms with Gasteiger partial charge in [0.25, 0.3) is 0 Å². The quantitative estimate of drug-likeness (QED) is 0.148. The highest BCUT2D eigenvalue weighted by Crippen LogP contribution is 2.68. The van der Waals surface area contributed by atoms with Gasteiger partial charge in [0.05, 0.1) is 17.4 Å².